The quantitative estimate of drug-likeness (QED) is 0.0586. The number of benzene rings is 1. The number of unbranched alkanes of at least 4 members (excludes halogenated alkanes) is 10. The maximum absolute atomic E-state index is 14.3. The predicted molar refractivity (Wildman–Crippen MR) is 230 cm³/mol. The Hall–Kier alpha value is -4.95. The summed E-state index contributed by atoms with van der Waals surface area (Å²) >= 11 is 0. The highest BCUT2D eigenvalue weighted by atomic mass is 16.6. The monoisotopic (exact) mass is 854 g/mol. The zero-order valence-electron chi connectivity index (χ0n) is 37.6. The molecule has 0 aliphatic carbocycles. The fourth-order valence-corrected chi connectivity index (χ4v) is 7.02. The van der Waals surface area contributed by atoms with Crippen molar-refractivity contribution in [1.82, 2.24) is 19.8 Å². The first-order valence-electron chi connectivity index (χ1n) is 22.1. The number of carbonyl (C=O) groups is 6. The van der Waals surface area contributed by atoms with Crippen molar-refractivity contribution < 1.29 is 47.7 Å². The van der Waals surface area contributed by atoms with Crippen LogP contribution in [0.2, 0.25) is 0 Å². The van der Waals surface area contributed by atoms with Gasteiger partial charge in [-0.05, 0) is 72.8 Å². The summed E-state index contributed by atoms with van der Waals surface area (Å²) in [6.45, 7) is 12.3. The largest absolute Gasteiger partial charge is 0.461 e. The molecule has 2 heterocycles. The van der Waals surface area contributed by atoms with Crippen molar-refractivity contribution in [2.45, 2.75) is 200 Å². The average Bonchev–Trinajstić information content (AvgIpc) is 3.60. The standard InChI is InChI=1S/C46H71N5O10/c1-8-9-10-11-12-13-14-15-16-17-21-25-34(28-39(47)52)59-42(55)35(26-22-27-40(53)58-31-33-23-19-18-20-24-33)49-41(54)37-29-36-38(30-50(37)43(56)60-45(2,3)4)51(32-48-36)44(57)61-46(5,6)7/h18-20,23-24,32,34-35,37H,8-17,21-22,25-31H2,1-7H3,(H2,47,52)(H,49,54)/t34-,35-,37-/m0/s1. The molecule has 2 aromatic rings. The maximum Gasteiger partial charge on any atom is 0.420 e. The number of fused-ring (bicyclic) bond motifs is 1. The number of imidazole rings is 1. The highest BCUT2D eigenvalue weighted by Gasteiger charge is 2.41. The summed E-state index contributed by atoms with van der Waals surface area (Å²) in [6, 6.07) is 6.76. The number of rotatable bonds is 24. The zero-order valence-corrected chi connectivity index (χ0v) is 37.6. The van der Waals surface area contributed by atoms with E-state index in [9.17, 15) is 28.8 Å². The molecule has 1 aliphatic rings. The second kappa shape index (κ2) is 25.1. The van der Waals surface area contributed by atoms with Gasteiger partial charge in [-0.1, -0.05) is 101 Å². The third-order valence-corrected chi connectivity index (χ3v) is 10.1. The number of primary amides is 1. The average molecular weight is 854 g/mol. The first-order valence-corrected chi connectivity index (χ1v) is 22.1. The Balaban J connectivity index is 1.76. The van der Waals surface area contributed by atoms with Crippen molar-refractivity contribution in [3.63, 3.8) is 0 Å². The summed E-state index contributed by atoms with van der Waals surface area (Å²) in [5, 5.41) is 2.77. The van der Waals surface area contributed by atoms with Gasteiger partial charge < -0.3 is 30.0 Å². The molecule has 340 valence electrons. The smallest absolute Gasteiger partial charge is 0.420 e. The Morgan fingerprint density at radius 2 is 1.39 bits per heavy atom. The van der Waals surface area contributed by atoms with E-state index in [1.807, 2.05) is 30.3 Å². The van der Waals surface area contributed by atoms with E-state index in [0.29, 0.717) is 17.8 Å². The Morgan fingerprint density at radius 3 is 1.98 bits per heavy atom. The van der Waals surface area contributed by atoms with Gasteiger partial charge in [0.05, 0.1) is 24.4 Å². The summed E-state index contributed by atoms with van der Waals surface area (Å²) in [7, 11) is 0. The lowest BCUT2D eigenvalue weighted by Gasteiger charge is -2.36. The molecule has 0 fully saturated rings. The van der Waals surface area contributed by atoms with E-state index in [1.54, 1.807) is 41.5 Å². The van der Waals surface area contributed by atoms with Crippen LogP contribution in [0.3, 0.4) is 0 Å². The van der Waals surface area contributed by atoms with Crippen LogP contribution in [0.5, 0.6) is 0 Å². The van der Waals surface area contributed by atoms with Gasteiger partial charge in [-0.2, -0.15) is 0 Å². The van der Waals surface area contributed by atoms with Gasteiger partial charge in [0.1, 0.15) is 42.3 Å². The number of esters is 2. The number of amides is 3. The second-order valence-corrected chi connectivity index (χ2v) is 18.0. The van der Waals surface area contributed by atoms with E-state index in [-0.39, 0.29) is 45.3 Å². The highest BCUT2D eigenvalue weighted by Crippen LogP contribution is 2.27. The molecule has 15 nitrogen and oxygen atoms in total. The summed E-state index contributed by atoms with van der Waals surface area (Å²) < 4.78 is 23.8. The first kappa shape index (κ1) is 50.4. The number of hydrogen-bond acceptors (Lipinski definition) is 11. The van der Waals surface area contributed by atoms with E-state index >= 15 is 0 Å². The Bertz CT molecular complexity index is 1710. The number of nitrogens with one attached hydrogen (secondary N) is 1. The fraction of sp³-hybridized carbons (Fsp3) is 0.674. The van der Waals surface area contributed by atoms with Crippen LogP contribution in [0.15, 0.2) is 36.7 Å². The predicted octanol–water partition coefficient (Wildman–Crippen LogP) is 8.21. The SMILES string of the molecule is CCCCCCCCCCCCC[C@@H](CC(N)=O)OC(=O)[C@H](CCCC(=O)OCc1ccccc1)NC(=O)[C@@H]1Cc2ncn(C(=O)OC(C)(C)C)c2CN1C(=O)OC(C)(C)C. The maximum atomic E-state index is 14.3. The van der Waals surface area contributed by atoms with Crippen LogP contribution in [0.1, 0.15) is 168 Å². The highest BCUT2D eigenvalue weighted by molar-refractivity contribution is 5.90. The molecule has 0 saturated carbocycles. The molecule has 3 N–H and O–H groups in total. The normalized spacial score (nSPS) is 14.9. The lowest BCUT2D eigenvalue weighted by Crippen LogP contribution is -2.56. The molecule has 1 aliphatic heterocycles. The molecule has 0 radical (unpaired) electrons. The molecule has 0 bridgehead atoms. The number of aromatic nitrogens is 2. The van der Waals surface area contributed by atoms with Crippen molar-refractivity contribution in [3.8, 4) is 0 Å². The Labute approximate surface area is 362 Å². The van der Waals surface area contributed by atoms with E-state index in [0.717, 1.165) is 31.2 Å². The van der Waals surface area contributed by atoms with Crippen molar-refractivity contribution in [2.24, 2.45) is 5.73 Å². The lowest BCUT2D eigenvalue weighted by molar-refractivity contribution is -0.155. The van der Waals surface area contributed by atoms with Crippen molar-refractivity contribution in [1.29, 1.82) is 0 Å². The molecule has 0 saturated heterocycles. The third-order valence-electron chi connectivity index (χ3n) is 10.1. The molecule has 1 aromatic heterocycles. The second-order valence-electron chi connectivity index (χ2n) is 18.0. The summed E-state index contributed by atoms with van der Waals surface area (Å²) in [4.78, 5) is 85.4. The number of nitrogens with two attached hydrogens (primary N) is 1. The van der Waals surface area contributed by atoms with Crippen molar-refractivity contribution in [2.75, 3.05) is 0 Å². The lowest BCUT2D eigenvalue weighted by atomic mass is 10.0. The number of carbonyl (C=O) groups excluding carboxylic acids is 6. The van der Waals surface area contributed by atoms with Gasteiger partial charge >= 0.3 is 24.1 Å². The van der Waals surface area contributed by atoms with Gasteiger partial charge in [0.15, 0.2) is 0 Å². The van der Waals surface area contributed by atoms with Crippen molar-refractivity contribution in [3.05, 3.63) is 53.6 Å². The molecular weight excluding hydrogens is 783 g/mol. The van der Waals surface area contributed by atoms with Crippen LogP contribution >= 0.6 is 0 Å². The van der Waals surface area contributed by atoms with E-state index in [1.165, 1.54) is 60.7 Å². The summed E-state index contributed by atoms with van der Waals surface area (Å²) in [5.41, 5.74) is 5.41. The topological polar surface area (TPSA) is 198 Å². The van der Waals surface area contributed by atoms with Gasteiger partial charge in [0.25, 0.3) is 0 Å². The molecule has 3 amide bonds. The molecule has 0 unspecified atom stereocenters. The van der Waals surface area contributed by atoms with E-state index < -0.39 is 65.3 Å². The Morgan fingerprint density at radius 1 is 0.803 bits per heavy atom. The number of ether oxygens (including phenoxy) is 4. The minimum atomic E-state index is -1.26. The Kier molecular flexibility index (Phi) is 20.7. The molecule has 61 heavy (non-hydrogen) atoms. The van der Waals surface area contributed by atoms with Crippen LogP contribution in [-0.2, 0) is 57.7 Å². The molecule has 15 heteroatoms. The van der Waals surface area contributed by atoms with Crippen LogP contribution < -0.4 is 11.1 Å². The zero-order chi connectivity index (χ0) is 45.0. The van der Waals surface area contributed by atoms with Gasteiger partial charge in [0.2, 0.25) is 11.8 Å². The molecule has 1 aromatic carbocycles. The van der Waals surface area contributed by atoms with E-state index in [4.69, 9.17) is 24.7 Å². The van der Waals surface area contributed by atoms with Crippen LogP contribution in [-0.4, -0.2) is 79.8 Å². The minimum absolute atomic E-state index is 0.00950. The van der Waals surface area contributed by atoms with Gasteiger partial charge in [0, 0.05) is 12.8 Å². The number of nitrogens with zero attached hydrogens (tertiary/aromatic N) is 3. The van der Waals surface area contributed by atoms with Gasteiger partial charge in [-0.25, -0.2) is 23.9 Å². The van der Waals surface area contributed by atoms with Crippen LogP contribution in [0, 0.1) is 0 Å². The van der Waals surface area contributed by atoms with Crippen molar-refractivity contribution >= 4 is 35.9 Å². The van der Waals surface area contributed by atoms with Crippen LogP contribution in [0.25, 0.3) is 0 Å². The van der Waals surface area contributed by atoms with E-state index in [2.05, 4.69) is 17.2 Å². The molecule has 3 rings (SSSR count). The third kappa shape index (κ3) is 19.1. The van der Waals surface area contributed by atoms with Gasteiger partial charge in [-0.3, -0.25) is 19.3 Å². The number of hydrogen-bond donors (Lipinski definition) is 2. The summed E-state index contributed by atoms with van der Waals surface area (Å²) in [6.07, 6.45) is 11.7. The minimum Gasteiger partial charge on any atom is -0.461 e. The molecular formula is C46H71N5O10. The molecule has 0 spiro atoms. The molecule has 3 atom stereocenters. The summed E-state index contributed by atoms with van der Waals surface area (Å²) in [5.74, 6) is -2.61. The van der Waals surface area contributed by atoms with Crippen LogP contribution in [0.4, 0.5) is 9.59 Å². The first-order chi connectivity index (χ1) is 28.9. The fourth-order valence-electron chi connectivity index (χ4n) is 7.02. The van der Waals surface area contributed by atoms with Gasteiger partial charge in [-0.15, -0.1) is 0 Å².